The fraction of sp³-hybridized carbons (Fsp3) is 0.545. The molecule has 1 fully saturated rings. The summed E-state index contributed by atoms with van der Waals surface area (Å²) in [5.74, 6) is 0.646. The Labute approximate surface area is 172 Å². The number of hydrogen-bond donors (Lipinski definition) is 1. The van der Waals surface area contributed by atoms with Crippen LogP contribution in [0, 0.1) is 0 Å². The molecule has 156 valence electrons. The molecular weight excluding hydrogens is 368 g/mol. The predicted octanol–water partition coefficient (Wildman–Crippen LogP) is 2.14. The quantitative estimate of drug-likeness (QED) is 0.774. The Morgan fingerprint density at radius 2 is 2.21 bits per heavy atom. The Morgan fingerprint density at radius 3 is 3.03 bits per heavy atom. The Balaban J connectivity index is 1.31. The first-order valence-corrected chi connectivity index (χ1v) is 10.6. The number of ether oxygens (including phenoxy) is 2. The third-order valence-electron chi connectivity index (χ3n) is 5.64. The molecule has 0 spiro atoms. The van der Waals surface area contributed by atoms with E-state index >= 15 is 0 Å². The molecule has 7 nitrogen and oxygen atoms in total. The van der Waals surface area contributed by atoms with E-state index in [4.69, 9.17) is 14.6 Å². The average molecular weight is 399 g/mol. The molecule has 1 aromatic heterocycles. The number of benzene rings is 1. The van der Waals surface area contributed by atoms with Crippen molar-refractivity contribution in [2.75, 3.05) is 26.3 Å². The Morgan fingerprint density at radius 1 is 1.34 bits per heavy atom. The summed E-state index contributed by atoms with van der Waals surface area (Å²) in [7, 11) is 0. The van der Waals surface area contributed by atoms with Crippen LogP contribution in [-0.4, -0.2) is 52.9 Å². The predicted molar refractivity (Wildman–Crippen MR) is 110 cm³/mol. The lowest BCUT2D eigenvalue weighted by Crippen LogP contribution is -2.48. The van der Waals surface area contributed by atoms with Crippen LogP contribution in [0.15, 0.2) is 30.3 Å². The molecule has 0 radical (unpaired) electrons. The Kier molecular flexibility index (Phi) is 6.46. The molecule has 1 saturated heterocycles. The van der Waals surface area contributed by atoms with Gasteiger partial charge in [0.15, 0.2) is 6.61 Å². The molecule has 1 aromatic carbocycles. The lowest BCUT2D eigenvalue weighted by atomic mass is 10.0. The van der Waals surface area contributed by atoms with Gasteiger partial charge in [0, 0.05) is 43.4 Å². The van der Waals surface area contributed by atoms with Crippen molar-refractivity contribution in [2.24, 2.45) is 0 Å². The molecule has 1 amide bonds. The van der Waals surface area contributed by atoms with Gasteiger partial charge in [-0.05, 0) is 38.4 Å². The first kappa shape index (κ1) is 19.9. The number of rotatable bonds is 7. The summed E-state index contributed by atoms with van der Waals surface area (Å²) >= 11 is 0. The molecule has 29 heavy (non-hydrogen) atoms. The van der Waals surface area contributed by atoms with E-state index in [1.807, 2.05) is 30.3 Å². The molecule has 3 heterocycles. The average Bonchev–Trinajstić information content (AvgIpc) is 3.11. The number of fused-ring (bicyclic) bond motifs is 1. The summed E-state index contributed by atoms with van der Waals surface area (Å²) < 4.78 is 13.4. The first-order chi connectivity index (χ1) is 14.2. The molecule has 0 bridgehead atoms. The molecule has 7 heteroatoms. The summed E-state index contributed by atoms with van der Waals surface area (Å²) in [6, 6.07) is 9.59. The van der Waals surface area contributed by atoms with E-state index in [9.17, 15) is 4.79 Å². The number of nitrogens with one attached hydrogen (secondary N) is 1. The van der Waals surface area contributed by atoms with Crippen LogP contribution in [0.2, 0.25) is 0 Å². The van der Waals surface area contributed by atoms with Crippen LogP contribution in [0.3, 0.4) is 0 Å². The molecular formula is C22H30N4O3. The van der Waals surface area contributed by atoms with Crippen molar-refractivity contribution in [2.45, 2.75) is 51.9 Å². The van der Waals surface area contributed by atoms with Crippen molar-refractivity contribution in [3.8, 4) is 5.75 Å². The molecule has 1 N–H and O–H groups in total. The highest BCUT2D eigenvalue weighted by molar-refractivity contribution is 5.77. The lowest BCUT2D eigenvalue weighted by Gasteiger charge is -2.33. The number of carbonyl (C=O) groups is 1. The summed E-state index contributed by atoms with van der Waals surface area (Å²) in [4.78, 5) is 14.7. The van der Waals surface area contributed by atoms with E-state index in [1.54, 1.807) is 0 Å². The third kappa shape index (κ3) is 4.97. The highest BCUT2D eigenvalue weighted by Crippen LogP contribution is 2.23. The monoisotopic (exact) mass is 398 g/mol. The van der Waals surface area contributed by atoms with Crippen LogP contribution in [0.25, 0.3) is 0 Å². The van der Waals surface area contributed by atoms with Gasteiger partial charge in [0.25, 0.3) is 5.91 Å². The molecule has 2 aliphatic rings. The Bertz CT molecular complexity index is 821. The van der Waals surface area contributed by atoms with Crippen LogP contribution in [0.1, 0.15) is 36.7 Å². The Hall–Kier alpha value is -2.38. The topological polar surface area (TPSA) is 68.6 Å². The minimum atomic E-state index is -0.0678. The van der Waals surface area contributed by atoms with E-state index in [-0.39, 0.29) is 18.6 Å². The van der Waals surface area contributed by atoms with Crippen molar-refractivity contribution in [3.05, 3.63) is 47.3 Å². The second-order valence-electron chi connectivity index (χ2n) is 7.73. The van der Waals surface area contributed by atoms with Gasteiger partial charge in [-0.15, -0.1) is 0 Å². The van der Waals surface area contributed by atoms with E-state index in [1.165, 1.54) is 11.3 Å². The number of hydrogen-bond acceptors (Lipinski definition) is 5. The van der Waals surface area contributed by atoms with Crippen LogP contribution >= 0.6 is 0 Å². The number of carbonyl (C=O) groups excluding carboxylic acids is 1. The van der Waals surface area contributed by atoms with Crippen molar-refractivity contribution >= 4 is 5.91 Å². The summed E-state index contributed by atoms with van der Waals surface area (Å²) in [5.41, 5.74) is 3.72. The molecule has 0 aliphatic carbocycles. The zero-order chi connectivity index (χ0) is 20.1. The zero-order valence-electron chi connectivity index (χ0n) is 17.1. The molecule has 1 unspecified atom stereocenters. The van der Waals surface area contributed by atoms with Gasteiger partial charge in [-0.2, -0.15) is 5.10 Å². The van der Waals surface area contributed by atoms with E-state index < -0.39 is 0 Å². The molecule has 4 rings (SSSR count). The summed E-state index contributed by atoms with van der Waals surface area (Å²) in [5, 5.41) is 7.97. The van der Waals surface area contributed by atoms with E-state index in [0.29, 0.717) is 12.4 Å². The molecule has 0 saturated carbocycles. The molecule has 2 aromatic rings. The van der Waals surface area contributed by atoms with Crippen LogP contribution in [0.4, 0.5) is 0 Å². The number of aryl methyl sites for hydroxylation is 1. The van der Waals surface area contributed by atoms with Gasteiger partial charge in [-0.1, -0.05) is 18.2 Å². The van der Waals surface area contributed by atoms with E-state index in [2.05, 4.69) is 21.8 Å². The largest absolute Gasteiger partial charge is 0.484 e. The number of amides is 1. The molecule has 2 aliphatic heterocycles. The van der Waals surface area contributed by atoms with Gasteiger partial charge in [-0.3, -0.25) is 14.4 Å². The van der Waals surface area contributed by atoms with Crippen LogP contribution < -0.4 is 10.1 Å². The number of likely N-dealkylation sites (tertiary alicyclic amines) is 1. The number of nitrogens with zero attached hydrogens (tertiary/aromatic N) is 3. The first-order valence-electron chi connectivity index (χ1n) is 10.6. The summed E-state index contributed by atoms with van der Waals surface area (Å²) in [6.07, 6.45) is 3.01. The second kappa shape index (κ2) is 9.41. The maximum absolute atomic E-state index is 12.3. The van der Waals surface area contributed by atoms with Gasteiger partial charge in [-0.25, -0.2) is 0 Å². The van der Waals surface area contributed by atoms with Crippen LogP contribution in [0.5, 0.6) is 5.75 Å². The fourth-order valence-electron chi connectivity index (χ4n) is 4.23. The highest BCUT2D eigenvalue weighted by atomic mass is 16.5. The van der Waals surface area contributed by atoms with Crippen molar-refractivity contribution < 1.29 is 14.3 Å². The van der Waals surface area contributed by atoms with Gasteiger partial charge in [0.2, 0.25) is 0 Å². The van der Waals surface area contributed by atoms with Gasteiger partial charge < -0.3 is 14.8 Å². The van der Waals surface area contributed by atoms with Crippen molar-refractivity contribution in [1.29, 1.82) is 0 Å². The maximum Gasteiger partial charge on any atom is 0.258 e. The maximum atomic E-state index is 12.3. The second-order valence-corrected chi connectivity index (χ2v) is 7.73. The zero-order valence-corrected chi connectivity index (χ0v) is 17.1. The van der Waals surface area contributed by atoms with Crippen molar-refractivity contribution in [3.63, 3.8) is 0 Å². The van der Waals surface area contributed by atoms with E-state index in [0.717, 1.165) is 57.7 Å². The third-order valence-corrected chi connectivity index (χ3v) is 5.64. The highest BCUT2D eigenvalue weighted by Gasteiger charge is 2.26. The normalized spacial score (nSPS) is 19.6. The van der Waals surface area contributed by atoms with Gasteiger partial charge >= 0.3 is 0 Å². The number of piperidine rings is 1. The van der Waals surface area contributed by atoms with Gasteiger partial charge in [0.1, 0.15) is 5.75 Å². The van der Waals surface area contributed by atoms with Crippen molar-refractivity contribution in [1.82, 2.24) is 20.0 Å². The smallest absolute Gasteiger partial charge is 0.258 e. The minimum Gasteiger partial charge on any atom is -0.484 e. The number of para-hydroxylation sites is 1. The molecule has 1 atom stereocenters. The lowest BCUT2D eigenvalue weighted by molar-refractivity contribution is -0.124. The van der Waals surface area contributed by atoms with Crippen LogP contribution in [-0.2, 0) is 35.6 Å². The minimum absolute atomic E-state index is 0.0479. The SMILES string of the molecule is CCn1nc(CN2CCCC(NC(=O)COc3ccccc3)C2)c2c1CCOC2. The van der Waals surface area contributed by atoms with Gasteiger partial charge in [0.05, 0.1) is 18.9 Å². The number of aromatic nitrogens is 2. The summed E-state index contributed by atoms with van der Waals surface area (Å²) in [6.45, 7) is 7.19. The fourth-order valence-corrected chi connectivity index (χ4v) is 4.23. The standard InChI is InChI=1S/C22H30N4O3/c1-2-26-21-10-12-28-15-19(21)20(24-26)14-25-11-6-7-17(13-25)23-22(27)16-29-18-8-4-3-5-9-18/h3-5,8-9,17H,2,6-7,10-16H2,1H3,(H,23,27).